The summed E-state index contributed by atoms with van der Waals surface area (Å²) in [5.41, 5.74) is 2.43. The maximum atomic E-state index is 12.2. The molecule has 0 unspecified atom stereocenters. The number of aromatic nitrogens is 1. The van der Waals surface area contributed by atoms with Gasteiger partial charge in [-0.3, -0.25) is 4.79 Å². The average Bonchev–Trinajstić information content (AvgIpc) is 2.84. The molecule has 1 aromatic carbocycles. The highest BCUT2D eigenvalue weighted by Gasteiger charge is 2.13. The van der Waals surface area contributed by atoms with E-state index in [-0.39, 0.29) is 11.7 Å². The highest BCUT2D eigenvalue weighted by molar-refractivity contribution is 9.10. The first-order valence-corrected chi connectivity index (χ1v) is 6.85. The molecule has 0 fully saturated rings. The summed E-state index contributed by atoms with van der Waals surface area (Å²) < 4.78 is 6.13. The topological polar surface area (TPSA) is 55.1 Å². The predicted molar refractivity (Wildman–Crippen MR) is 80.8 cm³/mol. The highest BCUT2D eigenvalue weighted by Crippen LogP contribution is 2.23. The Bertz CT molecular complexity index is 795. The zero-order chi connectivity index (χ0) is 14.1. The molecular formula is C15H11BrN2O2. The molecule has 3 rings (SSSR count). The van der Waals surface area contributed by atoms with Crippen LogP contribution in [-0.4, -0.2) is 10.9 Å². The fourth-order valence-electron chi connectivity index (χ4n) is 1.94. The molecule has 2 heterocycles. The lowest BCUT2D eigenvalue weighted by atomic mass is 10.2. The van der Waals surface area contributed by atoms with Gasteiger partial charge in [-0.05, 0) is 53.2 Å². The molecule has 0 bridgehead atoms. The van der Waals surface area contributed by atoms with Crippen molar-refractivity contribution >= 4 is 38.5 Å². The number of anilines is 1. The molecule has 0 saturated carbocycles. The first-order chi connectivity index (χ1) is 9.63. The van der Waals surface area contributed by atoms with Gasteiger partial charge < -0.3 is 9.73 Å². The van der Waals surface area contributed by atoms with E-state index < -0.39 is 0 Å². The Morgan fingerprint density at radius 3 is 2.95 bits per heavy atom. The van der Waals surface area contributed by atoms with Gasteiger partial charge in [0, 0.05) is 11.6 Å². The van der Waals surface area contributed by atoms with E-state index in [1.807, 2.05) is 25.1 Å². The molecule has 5 heteroatoms. The largest absolute Gasteiger partial charge is 0.451 e. The van der Waals surface area contributed by atoms with Gasteiger partial charge in [-0.2, -0.15) is 0 Å². The lowest BCUT2D eigenvalue weighted by molar-refractivity contribution is 0.0998. The normalized spacial score (nSPS) is 10.7. The SMILES string of the molecule is Cc1ccc2oc(C(=O)Nc3cccnc3Br)cc2c1. The Hall–Kier alpha value is -2.14. The van der Waals surface area contributed by atoms with Gasteiger partial charge in [0.05, 0.1) is 5.69 Å². The van der Waals surface area contributed by atoms with Crippen molar-refractivity contribution in [3.63, 3.8) is 0 Å². The quantitative estimate of drug-likeness (QED) is 0.718. The third kappa shape index (κ3) is 2.44. The molecule has 3 aromatic rings. The zero-order valence-corrected chi connectivity index (χ0v) is 12.3. The standard InChI is InChI=1S/C15H11BrN2O2/c1-9-4-5-12-10(7-9)8-13(20-12)15(19)18-11-3-2-6-17-14(11)16/h2-8H,1H3,(H,18,19). The number of fused-ring (bicyclic) bond motifs is 1. The minimum Gasteiger partial charge on any atom is -0.451 e. The number of carbonyl (C=O) groups is 1. The van der Waals surface area contributed by atoms with Crippen LogP contribution in [0.5, 0.6) is 0 Å². The van der Waals surface area contributed by atoms with E-state index >= 15 is 0 Å². The van der Waals surface area contributed by atoms with Crippen molar-refractivity contribution in [2.75, 3.05) is 5.32 Å². The van der Waals surface area contributed by atoms with Gasteiger partial charge >= 0.3 is 0 Å². The summed E-state index contributed by atoms with van der Waals surface area (Å²) in [5.74, 6) is -0.0195. The van der Waals surface area contributed by atoms with Crippen molar-refractivity contribution < 1.29 is 9.21 Å². The summed E-state index contributed by atoms with van der Waals surface area (Å²) in [7, 11) is 0. The Morgan fingerprint density at radius 2 is 2.15 bits per heavy atom. The number of rotatable bonds is 2. The van der Waals surface area contributed by atoms with Crippen LogP contribution < -0.4 is 5.32 Å². The molecule has 0 radical (unpaired) electrons. The fraction of sp³-hybridized carbons (Fsp3) is 0.0667. The van der Waals surface area contributed by atoms with Crippen molar-refractivity contribution in [2.24, 2.45) is 0 Å². The number of halogens is 1. The van der Waals surface area contributed by atoms with Crippen molar-refractivity contribution in [1.29, 1.82) is 0 Å². The number of carbonyl (C=O) groups excluding carboxylic acids is 1. The van der Waals surface area contributed by atoms with Crippen molar-refractivity contribution in [3.8, 4) is 0 Å². The van der Waals surface area contributed by atoms with Crippen LogP contribution in [-0.2, 0) is 0 Å². The maximum absolute atomic E-state index is 12.2. The zero-order valence-electron chi connectivity index (χ0n) is 10.7. The first kappa shape index (κ1) is 12.9. The van der Waals surface area contributed by atoms with Crippen LogP contribution in [0.1, 0.15) is 16.1 Å². The number of furan rings is 1. The molecule has 0 aliphatic rings. The van der Waals surface area contributed by atoms with E-state index in [9.17, 15) is 4.79 Å². The number of nitrogens with zero attached hydrogens (tertiary/aromatic N) is 1. The molecule has 0 aliphatic heterocycles. The van der Waals surface area contributed by atoms with Gasteiger partial charge in [-0.1, -0.05) is 11.6 Å². The second-order valence-electron chi connectivity index (χ2n) is 4.45. The van der Waals surface area contributed by atoms with Gasteiger partial charge in [0.1, 0.15) is 10.2 Å². The van der Waals surface area contributed by atoms with E-state index in [1.54, 1.807) is 24.4 Å². The number of benzene rings is 1. The van der Waals surface area contributed by atoms with Crippen LogP contribution in [0.2, 0.25) is 0 Å². The van der Waals surface area contributed by atoms with Gasteiger partial charge in [0.25, 0.3) is 5.91 Å². The van der Waals surface area contributed by atoms with Gasteiger partial charge in [-0.25, -0.2) is 4.98 Å². The summed E-state index contributed by atoms with van der Waals surface area (Å²) in [6, 6.07) is 11.0. The van der Waals surface area contributed by atoms with E-state index in [0.717, 1.165) is 10.9 Å². The van der Waals surface area contributed by atoms with Gasteiger partial charge in [0.2, 0.25) is 0 Å². The van der Waals surface area contributed by atoms with Crippen LogP contribution >= 0.6 is 15.9 Å². The van der Waals surface area contributed by atoms with Crippen LogP contribution in [0.3, 0.4) is 0 Å². The number of pyridine rings is 1. The minimum atomic E-state index is -0.299. The Labute approximate surface area is 123 Å². The number of aryl methyl sites for hydroxylation is 1. The second kappa shape index (κ2) is 5.09. The van der Waals surface area contributed by atoms with E-state index in [1.165, 1.54) is 0 Å². The Balaban J connectivity index is 1.91. The van der Waals surface area contributed by atoms with E-state index in [2.05, 4.69) is 26.2 Å². The van der Waals surface area contributed by atoms with Crippen molar-refractivity contribution in [2.45, 2.75) is 6.92 Å². The molecule has 1 amide bonds. The molecule has 0 spiro atoms. The third-order valence-electron chi connectivity index (χ3n) is 2.90. The Morgan fingerprint density at radius 1 is 1.30 bits per heavy atom. The molecule has 4 nitrogen and oxygen atoms in total. The van der Waals surface area contributed by atoms with E-state index in [4.69, 9.17) is 4.42 Å². The number of nitrogens with one attached hydrogen (secondary N) is 1. The third-order valence-corrected chi connectivity index (χ3v) is 3.53. The van der Waals surface area contributed by atoms with Crippen molar-refractivity contribution in [1.82, 2.24) is 4.98 Å². The summed E-state index contributed by atoms with van der Waals surface area (Å²) >= 11 is 3.29. The molecule has 0 atom stereocenters. The molecule has 100 valence electrons. The van der Waals surface area contributed by atoms with Gasteiger partial charge in [-0.15, -0.1) is 0 Å². The smallest absolute Gasteiger partial charge is 0.291 e. The summed E-state index contributed by atoms with van der Waals surface area (Å²) in [5, 5.41) is 3.68. The second-order valence-corrected chi connectivity index (χ2v) is 5.20. The predicted octanol–water partition coefficient (Wildman–Crippen LogP) is 4.15. The first-order valence-electron chi connectivity index (χ1n) is 6.05. The average molecular weight is 331 g/mol. The molecule has 20 heavy (non-hydrogen) atoms. The highest BCUT2D eigenvalue weighted by atomic mass is 79.9. The number of amides is 1. The number of hydrogen-bond acceptors (Lipinski definition) is 3. The monoisotopic (exact) mass is 330 g/mol. The van der Waals surface area contributed by atoms with Crippen LogP contribution in [0.4, 0.5) is 5.69 Å². The molecule has 2 aromatic heterocycles. The lowest BCUT2D eigenvalue weighted by Crippen LogP contribution is -2.11. The van der Waals surface area contributed by atoms with Crippen LogP contribution in [0, 0.1) is 6.92 Å². The molecular weight excluding hydrogens is 320 g/mol. The van der Waals surface area contributed by atoms with Crippen LogP contribution in [0.15, 0.2) is 51.6 Å². The summed E-state index contributed by atoms with van der Waals surface area (Å²) in [4.78, 5) is 16.2. The fourth-order valence-corrected chi connectivity index (χ4v) is 2.29. The van der Waals surface area contributed by atoms with Crippen molar-refractivity contribution in [3.05, 3.63) is 58.5 Å². The lowest BCUT2D eigenvalue weighted by Gasteiger charge is -2.03. The molecule has 1 N–H and O–H groups in total. The van der Waals surface area contributed by atoms with Crippen LogP contribution in [0.25, 0.3) is 11.0 Å². The Kier molecular flexibility index (Phi) is 3.28. The molecule has 0 saturated heterocycles. The van der Waals surface area contributed by atoms with E-state index in [0.29, 0.717) is 15.9 Å². The molecule has 0 aliphatic carbocycles. The summed E-state index contributed by atoms with van der Waals surface area (Å²) in [6.07, 6.45) is 1.64. The minimum absolute atomic E-state index is 0.279. The maximum Gasteiger partial charge on any atom is 0.291 e. The van der Waals surface area contributed by atoms with Gasteiger partial charge in [0.15, 0.2) is 5.76 Å². The summed E-state index contributed by atoms with van der Waals surface area (Å²) in [6.45, 7) is 2.00. The number of hydrogen-bond donors (Lipinski definition) is 1.